The van der Waals surface area contributed by atoms with Gasteiger partial charge in [-0.25, -0.2) is 4.79 Å². The number of hydrogen-bond acceptors (Lipinski definition) is 4. The van der Waals surface area contributed by atoms with Gasteiger partial charge in [0.15, 0.2) is 0 Å². The number of carbonyl (C=O) groups excluding carboxylic acids is 2. The third-order valence-corrected chi connectivity index (χ3v) is 3.22. The fourth-order valence-corrected chi connectivity index (χ4v) is 1.87. The van der Waals surface area contributed by atoms with Crippen molar-refractivity contribution in [2.24, 2.45) is 0 Å². The molecule has 0 spiro atoms. The summed E-state index contributed by atoms with van der Waals surface area (Å²) in [6.07, 6.45) is 3.34. The molecule has 0 fully saturated rings. The van der Waals surface area contributed by atoms with E-state index in [1.54, 1.807) is 48.3 Å². The first-order valence-corrected chi connectivity index (χ1v) is 6.52. The first-order valence-electron chi connectivity index (χ1n) is 6.52. The molecule has 0 aliphatic heterocycles. The molecule has 0 aliphatic carbocycles. The van der Waals surface area contributed by atoms with Crippen LogP contribution >= 0.6 is 0 Å². The number of aryl methyl sites for hydroxylation is 1. The summed E-state index contributed by atoms with van der Waals surface area (Å²) in [6, 6.07) is 6.34. The minimum atomic E-state index is -0.443. The van der Waals surface area contributed by atoms with Crippen molar-refractivity contribution < 1.29 is 14.3 Å². The summed E-state index contributed by atoms with van der Waals surface area (Å²) in [7, 11) is 1.32. The van der Waals surface area contributed by atoms with Gasteiger partial charge in [0.2, 0.25) is 5.91 Å². The van der Waals surface area contributed by atoms with Gasteiger partial charge >= 0.3 is 5.97 Å². The first kappa shape index (κ1) is 14.8. The lowest BCUT2D eigenvalue weighted by atomic mass is 10.1. The topological polar surface area (TPSA) is 73.2 Å². The summed E-state index contributed by atoms with van der Waals surface area (Å²) in [5.74, 6) is -0.644. The van der Waals surface area contributed by atoms with Crippen molar-refractivity contribution >= 4 is 17.6 Å². The Hall–Kier alpha value is -2.63. The van der Waals surface area contributed by atoms with Crippen molar-refractivity contribution in [3.8, 4) is 0 Å². The molecule has 1 atom stereocenters. The molecule has 1 unspecified atom stereocenters. The molecule has 1 amide bonds. The minimum absolute atomic E-state index is 0.205. The number of amides is 1. The van der Waals surface area contributed by atoms with E-state index < -0.39 is 12.0 Å². The molecule has 6 nitrogen and oxygen atoms in total. The van der Waals surface area contributed by atoms with Gasteiger partial charge in [-0.15, -0.1) is 0 Å². The predicted octanol–water partition coefficient (Wildman–Crippen LogP) is 2.18. The third kappa shape index (κ3) is 3.28. The lowest BCUT2D eigenvalue weighted by Crippen LogP contribution is -2.24. The van der Waals surface area contributed by atoms with Gasteiger partial charge in [-0.05, 0) is 37.6 Å². The van der Waals surface area contributed by atoms with E-state index in [2.05, 4.69) is 15.2 Å². The summed E-state index contributed by atoms with van der Waals surface area (Å²) in [6.45, 7) is 3.61. The molecule has 0 saturated heterocycles. The maximum atomic E-state index is 12.2. The molecule has 2 rings (SSSR count). The van der Waals surface area contributed by atoms with Crippen molar-refractivity contribution in [1.29, 1.82) is 0 Å². The Bertz CT molecular complexity index is 650. The van der Waals surface area contributed by atoms with Crippen LogP contribution in [0.1, 0.15) is 28.9 Å². The maximum Gasteiger partial charge on any atom is 0.337 e. The summed E-state index contributed by atoms with van der Waals surface area (Å²) < 4.78 is 6.24. The van der Waals surface area contributed by atoms with Gasteiger partial charge in [0.05, 0.1) is 12.7 Å². The summed E-state index contributed by atoms with van der Waals surface area (Å²) >= 11 is 0. The Morgan fingerprint density at radius 2 is 2.14 bits per heavy atom. The Kier molecular flexibility index (Phi) is 4.37. The fourth-order valence-electron chi connectivity index (χ4n) is 1.87. The van der Waals surface area contributed by atoms with E-state index in [0.717, 1.165) is 5.56 Å². The second kappa shape index (κ2) is 6.21. The Labute approximate surface area is 122 Å². The second-order valence-electron chi connectivity index (χ2n) is 4.67. The zero-order valence-corrected chi connectivity index (χ0v) is 12.2. The van der Waals surface area contributed by atoms with Crippen LogP contribution in [0.5, 0.6) is 0 Å². The average Bonchev–Trinajstić information content (AvgIpc) is 3.02. The van der Waals surface area contributed by atoms with Crippen LogP contribution < -0.4 is 5.32 Å². The number of carbonyl (C=O) groups is 2. The molecule has 1 aromatic carbocycles. The normalized spacial score (nSPS) is 11.8. The van der Waals surface area contributed by atoms with Crippen LogP contribution in [-0.4, -0.2) is 28.8 Å². The second-order valence-corrected chi connectivity index (χ2v) is 4.67. The van der Waals surface area contributed by atoms with E-state index in [9.17, 15) is 9.59 Å². The molecular formula is C15H17N3O3. The van der Waals surface area contributed by atoms with E-state index in [0.29, 0.717) is 11.3 Å². The van der Waals surface area contributed by atoms with Crippen LogP contribution in [-0.2, 0) is 9.53 Å². The highest BCUT2D eigenvalue weighted by molar-refractivity contribution is 5.96. The Morgan fingerprint density at radius 1 is 1.38 bits per heavy atom. The van der Waals surface area contributed by atoms with Crippen LogP contribution in [0.3, 0.4) is 0 Å². The highest BCUT2D eigenvalue weighted by Gasteiger charge is 2.17. The van der Waals surface area contributed by atoms with Gasteiger partial charge in [0.25, 0.3) is 0 Å². The zero-order chi connectivity index (χ0) is 15.4. The minimum Gasteiger partial charge on any atom is -0.465 e. The highest BCUT2D eigenvalue weighted by atomic mass is 16.5. The van der Waals surface area contributed by atoms with Gasteiger partial charge < -0.3 is 10.1 Å². The summed E-state index contributed by atoms with van der Waals surface area (Å²) in [5.41, 5.74) is 1.84. The first-order chi connectivity index (χ1) is 10.0. The Morgan fingerprint density at radius 3 is 2.76 bits per heavy atom. The number of rotatable bonds is 4. The van der Waals surface area contributed by atoms with Crippen LogP contribution in [0.25, 0.3) is 0 Å². The predicted molar refractivity (Wildman–Crippen MR) is 78.1 cm³/mol. The quantitative estimate of drug-likeness (QED) is 0.875. The molecule has 1 heterocycles. The number of esters is 1. The smallest absolute Gasteiger partial charge is 0.337 e. The van der Waals surface area contributed by atoms with E-state index >= 15 is 0 Å². The monoisotopic (exact) mass is 287 g/mol. The van der Waals surface area contributed by atoms with Gasteiger partial charge in [0, 0.05) is 18.1 Å². The van der Waals surface area contributed by atoms with Gasteiger partial charge in [-0.3, -0.25) is 9.48 Å². The fraction of sp³-hybridized carbons (Fsp3) is 0.267. The van der Waals surface area contributed by atoms with E-state index in [-0.39, 0.29) is 5.91 Å². The lowest BCUT2D eigenvalue weighted by molar-refractivity contribution is -0.119. The molecular weight excluding hydrogens is 270 g/mol. The maximum absolute atomic E-state index is 12.2. The number of methoxy groups -OCH3 is 1. The summed E-state index contributed by atoms with van der Waals surface area (Å²) in [5, 5.41) is 6.85. The molecule has 0 saturated carbocycles. The number of aromatic nitrogens is 2. The number of anilines is 1. The van der Waals surface area contributed by atoms with E-state index in [1.165, 1.54) is 7.11 Å². The largest absolute Gasteiger partial charge is 0.465 e. The number of nitrogens with one attached hydrogen (secondary N) is 1. The molecule has 110 valence electrons. The highest BCUT2D eigenvalue weighted by Crippen LogP contribution is 2.19. The van der Waals surface area contributed by atoms with Crippen LogP contribution in [0, 0.1) is 6.92 Å². The van der Waals surface area contributed by atoms with E-state index in [1.807, 2.05) is 6.92 Å². The molecule has 1 N–H and O–H groups in total. The standard InChI is InChI=1S/C15H17N3O3/c1-10-5-6-12(15(20)21-3)9-13(10)17-14(19)11(2)18-8-4-7-16-18/h4-9,11H,1-3H3,(H,17,19). The van der Waals surface area contributed by atoms with Gasteiger partial charge in [0.1, 0.15) is 6.04 Å². The zero-order valence-electron chi connectivity index (χ0n) is 12.2. The van der Waals surface area contributed by atoms with Crippen LogP contribution in [0.4, 0.5) is 5.69 Å². The molecule has 0 aliphatic rings. The SMILES string of the molecule is COC(=O)c1ccc(C)c(NC(=O)C(C)n2cccn2)c1. The average molecular weight is 287 g/mol. The van der Waals surface area contributed by atoms with Crippen molar-refractivity contribution in [1.82, 2.24) is 9.78 Å². The molecule has 0 radical (unpaired) electrons. The molecule has 6 heteroatoms. The number of benzene rings is 1. The third-order valence-electron chi connectivity index (χ3n) is 3.22. The van der Waals surface area contributed by atoms with Gasteiger partial charge in [-0.2, -0.15) is 5.10 Å². The molecule has 0 bridgehead atoms. The molecule has 21 heavy (non-hydrogen) atoms. The number of nitrogens with zero attached hydrogens (tertiary/aromatic N) is 2. The van der Waals surface area contributed by atoms with Crippen LogP contribution in [0.15, 0.2) is 36.7 Å². The van der Waals surface area contributed by atoms with Crippen molar-refractivity contribution in [3.05, 3.63) is 47.8 Å². The number of hydrogen-bond donors (Lipinski definition) is 1. The van der Waals surface area contributed by atoms with Gasteiger partial charge in [-0.1, -0.05) is 6.07 Å². The molecule has 1 aromatic heterocycles. The summed E-state index contributed by atoms with van der Waals surface area (Å²) in [4.78, 5) is 23.8. The molecule has 2 aromatic rings. The van der Waals surface area contributed by atoms with Crippen LogP contribution in [0.2, 0.25) is 0 Å². The van der Waals surface area contributed by atoms with E-state index in [4.69, 9.17) is 0 Å². The Balaban J connectivity index is 2.19. The lowest BCUT2D eigenvalue weighted by Gasteiger charge is -2.14. The van der Waals surface area contributed by atoms with Crippen molar-refractivity contribution in [2.45, 2.75) is 19.9 Å². The van der Waals surface area contributed by atoms with Crippen molar-refractivity contribution in [2.75, 3.05) is 12.4 Å². The number of ether oxygens (including phenoxy) is 1. The van der Waals surface area contributed by atoms with Crippen molar-refractivity contribution in [3.63, 3.8) is 0 Å².